The topological polar surface area (TPSA) is 49.8 Å². The molecule has 2 N–H and O–H groups in total. The molecule has 0 fully saturated rings. The van der Waals surface area contributed by atoms with Crippen molar-refractivity contribution in [1.29, 1.82) is 5.26 Å². The first kappa shape index (κ1) is 7.45. The molecule has 46 valence electrons. The molecule has 0 aromatic carbocycles. The Morgan fingerprint density at radius 3 is 2.75 bits per heavy atom. The minimum atomic E-state index is 0.231. The summed E-state index contributed by atoms with van der Waals surface area (Å²) in [6.07, 6.45) is 2.41. The third kappa shape index (κ3) is 3.63. The van der Waals surface area contributed by atoms with Crippen molar-refractivity contribution >= 4 is 0 Å². The van der Waals surface area contributed by atoms with E-state index < -0.39 is 0 Å². The van der Waals surface area contributed by atoms with E-state index in [1.54, 1.807) is 0 Å². The molecule has 0 aliphatic heterocycles. The zero-order valence-electron chi connectivity index (χ0n) is 5.22. The van der Waals surface area contributed by atoms with Crippen LogP contribution in [0.4, 0.5) is 0 Å². The van der Waals surface area contributed by atoms with Gasteiger partial charge in [-0.05, 0) is 12.8 Å². The minimum Gasteiger partial charge on any atom is -0.328 e. The second kappa shape index (κ2) is 4.61. The molecule has 0 aliphatic rings. The van der Waals surface area contributed by atoms with Crippen LogP contribution >= 0.6 is 0 Å². The summed E-state index contributed by atoms with van der Waals surface area (Å²) in [5.74, 6) is 0. The summed E-state index contributed by atoms with van der Waals surface area (Å²) in [7, 11) is 0. The van der Waals surface area contributed by atoms with E-state index in [1.165, 1.54) is 0 Å². The van der Waals surface area contributed by atoms with Crippen LogP contribution < -0.4 is 5.73 Å². The summed E-state index contributed by atoms with van der Waals surface area (Å²) >= 11 is 0. The molecule has 0 bridgehead atoms. The van der Waals surface area contributed by atoms with Gasteiger partial charge in [0.1, 0.15) is 0 Å². The molecule has 1 unspecified atom stereocenters. The summed E-state index contributed by atoms with van der Waals surface area (Å²) in [6.45, 7) is 2.03. The summed E-state index contributed by atoms with van der Waals surface area (Å²) in [6, 6.07) is 2.28. The number of nitriles is 1. The number of rotatable bonds is 3. The molecule has 0 rings (SSSR count). The van der Waals surface area contributed by atoms with Crippen LogP contribution in [-0.2, 0) is 0 Å². The number of hydrogen-bond donors (Lipinski definition) is 1. The summed E-state index contributed by atoms with van der Waals surface area (Å²) in [5.41, 5.74) is 5.51. The van der Waals surface area contributed by atoms with Crippen molar-refractivity contribution in [2.45, 2.75) is 32.2 Å². The highest BCUT2D eigenvalue weighted by Gasteiger charge is 1.95. The largest absolute Gasteiger partial charge is 0.328 e. The van der Waals surface area contributed by atoms with Crippen molar-refractivity contribution in [1.82, 2.24) is 0 Å². The molecule has 0 spiro atoms. The van der Waals surface area contributed by atoms with Crippen LogP contribution in [0.3, 0.4) is 0 Å². The van der Waals surface area contributed by atoms with Crippen LogP contribution in [0.5, 0.6) is 0 Å². The molecule has 2 nitrogen and oxygen atoms in total. The van der Waals surface area contributed by atoms with E-state index in [0.29, 0.717) is 6.42 Å². The second-order valence-corrected chi connectivity index (χ2v) is 1.87. The zero-order valence-corrected chi connectivity index (χ0v) is 5.22. The molecule has 0 saturated carbocycles. The van der Waals surface area contributed by atoms with Crippen molar-refractivity contribution in [3.63, 3.8) is 0 Å². The predicted molar refractivity (Wildman–Crippen MR) is 33.1 cm³/mol. The maximum atomic E-state index is 8.11. The van der Waals surface area contributed by atoms with Crippen LogP contribution in [0.25, 0.3) is 0 Å². The fourth-order valence-corrected chi connectivity index (χ4v) is 0.454. The van der Waals surface area contributed by atoms with E-state index in [0.717, 1.165) is 12.8 Å². The second-order valence-electron chi connectivity index (χ2n) is 1.87. The van der Waals surface area contributed by atoms with Gasteiger partial charge in [0.15, 0.2) is 0 Å². The molecule has 0 aromatic heterocycles. The quantitative estimate of drug-likeness (QED) is 0.592. The Morgan fingerprint density at radius 1 is 1.75 bits per heavy atom. The molecule has 0 aromatic rings. The first-order chi connectivity index (χ1) is 3.81. The zero-order chi connectivity index (χ0) is 6.41. The minimum absolute atomic E-state index is 0.231. The average Bonchev–Trinajstić information content (AvgIpc) is 1.83. The van der Waals surface area contributed by atoms with Crippen LogP contribution in [0.1, 0.15) is 26.2 Å². The van der Waals surface area contributed by atoms with Gasteiger partial charge in [-0.15, -0.1) is 0 Å². The van der Waals surface area contributed by atoms with Crippen molar-refractivity contribution < 1.29 is 0 Å². The lowest BCUT2D eigenvalue weighted by molar-refractivity contribution is 0.605. The van der Waals surface area contributed by atoms with Gasteiger partial charge in [-0.1, -0.05) is 6.92 Å². The van der Waals surface area contributed by atoms with Crippen LogP contribution in [-0.4, -0.2) is 6.04 Å². The number of nitrogens with zero attached hydrogens (tertiary/aromatic N) is 1. The number of nitrogens with two attached hydrogens (primary N) is 1. The SMILES string of the molecule is CCC(N)CCC#N. The van der Waals surface area contributed by atoms with E-state index >= 15 is 0 Å². The Morgan fingerprint density at radius 2 is 2.38 bits per heavy atom. The summed E-state index contributed by atoms with van der Waals surface area (Å²) < 4.78 is 0. The molecule has 0 radical (unpaired) electrons. The average molecular weight is 112 g/mol. The molecular weight excluding hydrogens is 100 g/mol. The Kier molecular flexibility index (Phi) is 4.29. The van der Waals surface area contributed by atoms with Crippen molar-refractivity contribution in [2.24, 2.45) is 5.73 Å². The van der Waals surface area contributed by atoms with Gasteiger partial charge in [0, 0.05) is 12.5 Å². The smallest absolute Gasteiger partial charge is 0.0622 e. The lowest BCUT2D eigenvalue weighted by Crippen LogP contribution is -2.17. The van der Waals surface area contributed by atoms with Gasteiger partial charge < -0.3 is 5.73 Å². The first-order valence-electron chi connectivity index (χ1n) is 2.93. The highest BCUT2D eigenvalue weighted by Crippen LogP contribution is 1.95. The maximum absolute atomic E-state index is 8.11. The molecule has 1 atom stereocenters. The van der Waals surface area contributed by atoms with Gasteiger partial charge >= 0.3 is 0 Å². The van der Waals surface area contributed by atoms with E-state index in [1.807, 2.05) is 6.92 Å². The third-order valence-electron chi connectivity index (χ3n) is 1.15. The molecule has 8 heavy (non-hydrogen) atoms. The van der Waals surface area contributed by atoms with Crippen molar-refractivity contribution in [3.8, 4) is 6.07 Å². The third-order valence-corrected chi connectivity index (χ3v) is 1.15. The lowest BCUT2D eigenvalue weighted by atomic mass is 10.1. The van der Waals surface area contributed by atoms with Crippen LogP contribution in [0.2, 0.25) is 0 Å². The molecule has 0 aliphatic carbocycles. The van der Waals surface area contributed by atoms with Crippen LogP contribution in [0.15, 0.2) is 0 Å². The normalized spacial score (nSPS) is 12.6. The maximum Gasteiger partial charge on any atom is 0.0622 e. The molecule has 0 saturated heterocycles. The Bertz CT molecular complexity index is 83.0. The fourth-order valence-electron chi connectivity index (χ4n) is 0.454. The van der Waals surface area contributed by atoms with E-state index in [-0.39, 0.29) is 6.04 Å². The van der Waals surface area contributed by atoms with E-state index in [9.17, 15) is 0 Å². The van der Waals surface area contributed by atoms with Gasteiger partial charge in [0.2, 0.25) is 0 Å². The van der Waals surface area contributed by atoms with Crippen LogP contribution in [0, 0.1) is 11.3 Å². The Hall–Kier alpha value is -0.550. The standard InChI is InChI=1S/C6H12N2/c1-2-6(8)4-3-5-7/h6H,2-4,8H2,1H3. The van der Waals surface area contributed by atoms with Crippen molar-refractivity contribution in [3.05, 3.63) is 0 Å². The predicted octanol–water partition coefficient (Wildman–Crippen LogP) is 1.03. The highest BCUT2D eigenvalue weighted by molar-refractivity contribution is 4.72. The lowest BCUT2D eigenvalue weighted by Gasteiger charge is -2.02. The van der Waals surface area contributed by atoms with Gasteiger partial charge in [0.05, 0.1) is 6.07 Å². The summed E-state index contributed by atoms with van der Waals surface area (Å²) in [4.78, 5) is 0. The first-order valence-corrected chi connectivity index (χ1v) is 2.93. The van der Waals surface area contributed by atoms with E-state index in [4.69, 9.17) is 11.0 Å². The number of hydrogen-bond acceptors (Lipinski definition) is 2. The van der Waals surface area contributed by atoms with Gasteiger partial charge in [0.25, 0.3) is 0 Å². The van der Waals surface area contributed by atoms with Crippen molar-refractivity contribution in [2.75, 3.05) is 0 Å². The monoisotopic (exact) mass is 112 g/mol. The Balaban J connectivity index is 3.01. The Labute approximate surface area is 50.3 Å². The summed E-state index contributed by atoms with van der Waals surface area (Å²) in [5, 5.41) is 8.11. The highest BCUT2D eigenvalue weighted by atomic mass is 14.6. The molecule has 0 heterocycles. The van der Waals surface area contributed by atoms with E-state index in [2.05, 4.69) is 6.07 Å². The van der Waals surface area contributed by atoms with Gasteiger partial charge in [-0.25, -0.2) is 0 Å². The molecule has 2 heteroatoms. The van der Waals surface area contributed by atoms with Gasteiger partial charge in [-0.2, -0.15) is 5.26 Å². The molecule has 0 amide bonds. The van der Waals surface area contributed by atoms with Gasteiger partial charge in [-0.3, -0.25) is 0 Å². The molecular formula is C6H12N2. The fraction of sp³-hybridized carbons (Fsp3) is 0.833.